The quantitative estimate of drug-likeness (QED) is 0.842. The first-order valence-electron chi connectivity index (χ1n) is 4.80. The zero-order valence-electron chi connectivity index (χ0n) is 9.01. The SMILES string of the molecule is Cc1nc(C(F)(F)F)ccc1C(=O)NCCO. The average molecular weight is 248 g/mol. The van der Waals surface area contributed by atoms with E-state index in [0.29, 0.717) is 0 Å². The Morgan fingerprint density at radius 1 is 1.47 bits per heavy atom. The van der Waals surface area contributed by atoms with E-state index in [4.69, 9.17) is 5.11 Å². The van der Waals surface area contributed by atoms with Crippen LogP contribution in [0.1, 0.15) is 21.7 Å². The van der Waals surface area contributed by atoms with Crippen LogP contribution in [0.5, 0.6) is 0 Å². The highest BCUT2D eigenvalue weighted by molar-refractivity contribution is 5.95. The van der Waals surface area contributed by atoms with Gasteiger partial charge in [0.05, 0.1) is 17.9 Å². The second-order valence-electron chi connectivity index (χ2n) is 3.31. The molecule has 0 aromatic carbocycles. The topological polar surface area (TPSA) is 62.2 Å². The summed E-state index contributed by atoms with van der Waals surface area (Å²) in [5.41, 5.74) is -0.976. The number of aliphatic hydroxyl groups excluding tert-OH is 1. The molecule has 0 fully saturated rings. The summed E-state index contributed by atoms with van der Waals surface area (Å²) in [6, 6.07) is 1.82. The molecule has 0 aliphatic heterocycles. The van der Waals surface area contributed by atoms with Gasteiger partial charge in [0.25, 0.3) is 5.91 Å². The van der Waals surface area contributed by atoms with Crippen LogP contribution in [0.25, 0.3) is 0 Å². The molecule has 1 aromatic heterocycles. The van der Waals surface area contributed by atoms with E-state index >= 15 is 0 Å². The maximum absolute atomic E-state index is 12.3. The molecule has 1 heterocycles. The second-order valence-corrected chi connectivity index (χ2v) is 3.31. The van der Waals surface area contributed by atoms with Crippen molar-refractivity contribution in [1.82, 2.24) is 10.3 Å². The standard InChI is InChI=1S/C10H11F3N2O2/c1-6-7(9(17)14-4-5-16)2-3-8(15-6)10(11,12)13/h2-3,16H,4-5H2,1H3,(H,14,17). The van der Waals surface area contributed by atoms with Crippen molar-refractivity contribution in [2.75, 3.05) is 13.2 Å². The largest absolute Gasteiger partial charge is 0.433 e. The first-order valence-corrected chi connectivity index (χ1v) is 4.80. The third-order valence-electron chi connectivity index (χ3n) is 2.02. The number of carbonyl (C=O) groups is 1. The fraction of sp³-hybridized carbons (Fsp3) is 0.400. The molecule has 0 aliphatic rings. The minimum absolute atomic E-state index is 0.00438. The Balaban J connectivity index is 2.94. The fourth-order valence-electron chi connectivity index (χ4n) is 1.22. The second kappa shape index (κ2) is 5.13. The molecule has 4 nitrogen and oxygen atoms in total. The van der Waals surface area contributed by atoms with E-state index < -0.39 is 17.8 Å². The molecule has 1 aromatic rings. The predicted octanol–water partition coefficient (Wildman–Crippen LogP) is 1.13. The fourth-order valence-corrected chi connectivity index (χ4v) is 1.22. The zero-order valence-corrected chi connectivity index (χ0v) is 9.01. The Bertz CT molecular complexity index is 419. The highest BCUT2D eigenvalue weighted by Gasteiger charge is 2.32. The predicted molar refractivity (Wildman–Crippen MR) is 53.4 cm³/mol. The van der Waals surface area contributed by atoms with Crippen molar-refractivity contribution in [1.29, 1.82) is 0 Å². The number of hydrogen-bond acceptors (Lipinski definition) is 3. The van der Waals surface area contributed by atoms with Crippen molar-refractivity contribution in [3.63, 3.8) is 0 Å². The van der Waals surface area contributed by atoms with Crippen molar-refractivity contribution in [2.24, 2.45) is 0 Å². The maximum atomic E-state index is 12.3. The molecule has 0 aliphatic carbocycles. The van der Waals surface area contributed by atoms with Gasteiger partial charge in [0.1, 0.15) is 5.69 Å². The number of alkyl halides is 3. The van der Waals surface area contributed by atoms with Crippen LogP contribution in [-0.4, -0.2) is 29.1 Å². The number of pyridine rings is 1. The van der Waals surface area contributed by atoms with E-state index in [1.807, 2.05) is 0 Å². The van der Waals surface area contributed by atoms with E-state index in [1.165, 1.54) is 6.92 Å². The molecule has 2 N–H and O–H groups in total. The Morgan fingerprint density at radius 2 is 2.12 bits per heavy atom. The van der Waals surface area contributed by atoms with Crippen molar-refractivity contribution in [3.8, 4) is 0 Å². The number of nitrogens with zero attached hydrogens (tertiary/aromatic N) is 1. The molecule has 1 amide bonds. The molecule has 0 spiro atoms. The number of hydrogen-bond donors (Lipinski definition) is 2. The molecule has 0 bridgehead atoms. The van der Waals surface area contributed by atoms with Gasteiger partial charge in [-0.15, -0.1) is 0 Å². The Labute approximate surface area is 95.5 Å². The number of rotatable bonds is 3. The molecule has 7 heteroatoms. The van der Waals surface area contributed by atoms with E-state index in [-0.39, 0.29) is 24.4 Å². The zero-order chi connectivity index (χ0) is 13.1. The van der Waals surface area contributed by atoms with Crippen LogP contribution in [0.3, 0.4) is 0 Å². The van der Waals surface area contributed by atoms with Gasteiger partial charge in [0, 0.05) is 6.54 Å². The third kappa shape index (κ3) is 3.42. The number of halogens is 3. The molecule has 0 radical (unpaired) electrons. The van der Waals surface area contributed by atoms with Crippen molar-refractivity contribution >= 4 is 5.91 Å². The minimum atomic E-state index is -4.52. The minimum Gasteiger partial charge on any atom is -0.395 e. The van der Waals surface area contributed by atoms with Crippen LogP contribution in [-0.2, 0) is 6.18 Å². The van der Waals surface area contributed by atoms with Crippen LogP contribution in [0, 0.1) is 6.92 Å². The first-order chi connectivity index (χ1) is 7.86. The van der Waals surface area contributed by atoms with Gasteiger partial charge in [0.15, 0.2) is 0 Å². The van der Waals surface area contributed by atoms with E-state index in [2.05, 4.69) is 10.3 Å². The molecule has 94 valence electrons. The lowest BCUT2D eigenvalue weighted by Gasteiger charge is -2.09. The third-order valence-corrected chi connectivity index (χ3v) is 2.02. The molecule has 0 unspecified atom stereocenters. The van der Waals surface area contributed by atoms with Crippen LogP contribution >= 0.6 is 0 Å². The van der Waals surface area contributed by atoms with E-state index in [0.717, 1.165) is 12.1 Å². The monoisotopic (exact) mass is 248 g/mol. The Morgan fingerprint density at radius 3 is 2.59 bits per heavy atom. The van der Waals surface area contributed by atoms with Gasteiger partial charge in [-0.05, 0) is 19.1 Å². The number of aryl methyl sites for hydroxylation is 1. The van der Waals surface area contributed by atoms with Crippen molar-refractivity contribution in [2.45, 2.75) is 13.1 Å². The van der Waals surface area contributed by atoms with Crippen LogP contribution in [0.4, 0.5) is 13.2 Å². The molecular weight excluding hydrogens is 237 g/mol. The van der Waals surface area contributed by atoms with E-state index in [9.17, 15) is 18.0 Å². The molecule has 0 atom stereocenters. The molecule has 0 saturated carbocycles. The summed E-state index contributed by atoms with van der Waals surface area (Å²) in [6.07, 6.45) is -4.52. The van der Waals surface area contributed by atoms with Crippen LogP contribution in [0.2, 0.25) is 0 Å². The summed E-state index contributed by atoms with van der Waals surface area (Å²) in [7, 11) is 0. The van der Waals surface area contributed by atoms with Crippen molar-refractivity contribution < 1.29 is 23.1 Å². The van der Waals surface area contributed by atoms with Gasteiger partial charge in [0.2, 0.25) is 0 Å². The maximum Gasteiger partial charge on any atom is 0.433 e. The summed E-state index contributed by atoms with van der Waals surface area (Å²) < 4.78 is 36.9. The van der Waals surface area contributed by atoms with Gasteiger partial charge >= 0.3 is 6.18 Å². The van der Waals surface area contributed by atoms with Gasteiger partial charge in [-0.1, -0.05) is 0 Å². The lowest BCUT2D eigenvalue weighted by molar-refractivity contribution is -0.141. The highest BCUT2D eigenvalue weighted by atomic mass is 19.4. The van der Waals surface area contributed by atoms with Crippen molar-refractivity contribution in [3.05, 3.63) is 29.1 Å². The lowest BCUT2D eigenvalue weighted by atomic mass is 10.1. The highest BCUT2D eigenvalue weighted by Crippen LogP contribution is 2.28. The Hall–Kier alpha value is -1.63. The number of amides is 1. The van der Waals surface area contributed by atoms with Gasteiger partial charge in [-0.25, -0.2) is 4.98 Å². The first kappa shape index (κ1) is 13.4. The molecular formula is C10H11F3N2O2. The number of aromatic nitrogens is 1. The number of carbonyl (C=O) groups excluding carboxylic acids is 1. The number of aliphatic hydroxyl groups is 1. The van der Waals surface area contributed by atoms with Gasteiger partial charge in [-0.3, -0.25) is 4.79 Å². The average Bonchev–Trinajstić information content (AvgIpc) is 2.24. The summed E-state index contributed by atoms with van der Waals surface area (Å²) in [5, 5.41) is 10.8. The lowest BCUT2D eigenvalue weighted by Crippen LogP contribution is -2.27. The summed E-state index contributed by atoms with van der Waals surface area (Å²) in [6.45, 7) is 1.13. The smallest absolute Gasteiger partial charge is 0.395 e. The summed E-state index contributed by atoms with van der Waals surface area (Å²) >= 11 is 0. The molecule has 17 heavy (non-hydrogen) atoms. The van der Waals surface area contributed by atoms with E-state index in [1.54, 1.807) is 0 Å². The summed E-state index contributed by atoms with van der Waals surface area (Å²) in [5.74, 6) is -0.558. The van der Waals surface area contributed by atoms with Crippen LogP contribution in [0.15, 0.2) is 12.1 Å². The molecule has 1 rings (SSSR count). The number of nitrogens with one attached hydrogen (secondary N) is 1. The Kier molecular flexibility index (Phi) is 4.06. The van der Waals surface area contributed by atoms with Crippen LogP contribution < -0.4 is 5.32 Å². The molecule has 0 saturated heterocycles. The normalized spacial score (nSPS) is 11.4. The van der Waals surface area contributed by atoms with Gasteiger partial charge in [-0.2, -0.15) is 13.2 Å². The van der Waals surface area contributed by atoms with Gasteiger partial charge < -0.3 is 10.4 Å². The summed E-state index contributed by atoms with van der Waals surface area (Å²) in [4.78, 5) is 14.8.